The van der Waals surface area contributed by atoms with Crippen molar-refractivity contribution in [2.45, 2.75) is 44.4 Å². The first-order chi connectivity index (χ1) is 19.6. The van der Waals surface area contributed by atoms with Crippen LogP contribution in [0.15, 0.2) is 30.3 Å². The van der Waals surface area contributed by atoms with Gasteiger partial charge in [-0.1, -0.05) is 6.07 Å². The second kappa shape index (κ2) is 15.8. The highest BCUT2D eigenvalue weighted by Gasteiger charge is 2.27. The van der Waals surface area contributed by atoms with Crippen molar-refractivity contribution in [3.63, 3.8) is 0 Å². The van der Waals surface area contributed by atoms with E-state index in [2.05, 4.69) is 22.3 Å². The monoisotopic (exact) mass is 555 g/mol. The number of nitrogens with one attached hydrogen (secondary N) is 1. The quantitative estimate of drug-likeness (QED) is 0.243. The molecule has 0 amide bonds. The summed E-state index contributed by atoms with van der Waals surface area (Å²) in [6.45, 7) is 5.65. The van der Waals surface area contributed by atoms with Gasteiger partial charge in [0.2, 0.25) is 0 Å². The van der Waals surface area contributed by atoms with Crippen LogP contribution in [0.1, 0.15) is 48.4 Å². The number of aromatic nitrogens is 1. The maximum Gasteiger partial charge on any atom is 0.306 e. The molecule has 2 atom stereocenters. The predicted octanol–water partition coefficient (Wildman–Crippen LogP) is 4.09. The molecule has 0 bridgehead atoms. The van der Waals surface area contributed by atoms with E-state index in [0.29, 0.717) is 50.3 Å². The molecule has 0 radical (unpaired) electrons. The summed E-state index contributed by atoms with van der Waals surface area (Å²) in [6.07, 6.45) is 5.84. The minimum absolute atomic E-state index is 0.0460. The van der Waals surface area contributed by atoms with Crippen LogP contribution in [0.25, 0.3) is 0 Å². The molecule has 1 aromatic heterocycles. The molecule has 4 rings (SSSR count). The molecule has 1 fully saturated rings. The fourth-order valence-electron chi connectivity index (χ4n) is 5.54. The molecule has 3 heterocycles. The summed E-state index contributed by atoms with van der Waals surface area (Å²) in [7, 11) is 4.74. The first kappa shape index (κ1) is 30.1. The molecule has 220 valence electrons. The second-order valence-electron chi connectivity index (χ2n) is 10.7. The van der Waals surface area contributed by atoms with Gasteiger partial charge in [-0.3, -0.25) is 4.79 Å². The van der Waals surface area contributed by atoms with Gasteiger partial charge in [-0.25, -0.2) is 4.98 Å². The Hall–Kier alpha value is -2.88. The Morgan fingerprint density at radius 1 is 1.05 bits per heavy atom. The lowest BCUT2D eigenvalue weighted by molar-refractivity contribution is -0.141. The number of ether oxygens (including phenoxy) is 5. The minimum atomic E-state index is -0.222. The lowest BCUT2D eigenvalue weighted by Gasteiger charge is -2.25. The van der Waals surface area contributed by atoms with Crippen molar-refractivity contribution in [1.82, 2.24) is 9.88 Å². The van der Waals surface area contributed by atoms with Crippen LogP contribution < -0.4 is 14.8 Å². The average molecular weight is 556 g/mol. The van der Waals surface area contributed by atoms with Crippen molar-refractivity contribution in [2.75, 3.05) is 79.3 Å². The predicted molar refractivity (Wildman–Crippen MR) is 154 cm³/mol. The third-order valence-electron chi connectivity index (χ3n) is 7.74. The van der Waals surface area contributed by atoms with Crippen LogP contribution >= 0.6 is 0 Å². The Bertz CT molecular complexity index is 1050. The van der Waals surface area contributed by atoms with Crippen molar-refractivity contribution in [3.8, 4) is 11.5 Å². The summed E-state index contributed by atoms with van der Waals surface area (Å²) in [4.78, 5) is 19.8. The number of esters is 1. The van der Waals surface area contributed by atoms with E-state index in [9.17, 15) is 4.79 Å². The Balaban J connectivity index is 1.40. The van der Waals surface area contributed by atoms with Crippen molar-refractivity contribution in [1.29, 1.82) is 0 Å². The van der Waals surface area contributed by atoms with Gasteiger partial charge >= 0.3 is 5.97 Å². The number of hydrogen-bond acceptors (Lipinski definition) is 9. The summed E-state index contributed by atoms with van der Waals surface area (Å²) in [5, 5.41) is 3.44. The molecule has 1 saturated heterocycles. The number of aryl methyl sites for hydroxylation is 2. The highest BCUT2D eigenvalue weighted by atomic mass is 16.5. The van der Waals surface area contributed by atoms with Crippen molar-refractivity contribution in [3.05, 3.63) is 47.2 Å². The molecule has 1 unspecified atom stereocenters. The van der Waals surface area contributed by atoms with Gasteiger partial charge in [0, 0.05) is 51.5 Å². The van der Waals surface area contributed by atoms with E-state index in [1.165, 1.54) is 24.8 Å². The first-order valence-corrected chi connectivity index (χ1v) is 14.5. The first-order valence-electron chi connectivity index (χ1n) is 14.5. The maximum absolute atomic E-state index is 12.4. The Labute approximate surface area is 238 Å². The Morgan fingerprint density at radius 3 is 2.50 bits per heavy atom. The highest BCUT2D eigenvalue weighted by molar-refractivity contribution is 5.70. The molecule has 9 heteroatoms. The van der Waals surface area contributed by atoms with Gasteiger partial charge in [-0.2, -0.15) is 0 Å². The Kier molecular flexibility index (Phi) is 11.9. The molecule has 40 heavy (non-hydrogen) atoms. The van der Waals surface area contributed by atoms with E-state index < -0.39 is 0 Å². The normalized spacial score (nSPS) is 17.6. The zero-order valence-electron chi connectivity index (χ0n) is 24.3. The van der Waals surface area contributed by atoms with Gasteiger partial charge in [-0.05, 0) is 73.9 Å². The number of carbonyl (C=O) groups is 1. The van der Waals surface area contributed by atoms with E-state index in [1.54, 1.807) is 14.2 Å². The number of nitrogens with zero attached hydrogens (tertiary/aromatic N) is 2. The molecular formula is C31H45N3O6. The summed E-state index contributed by atoms with van der Waals surface area (Å²) < 4.78 is 27.2. The van der Waals surface area contributed by atoms with E-state index in [0.717, 1.165) is 63.2 Å². The van der Waals surface area contributed by atoms with Crippen molar-refractivity contribution < 1.29 is 28.5 Å². The van der Waals surface area contributed by atoms with Gasteiger partial charge in [0.1, 0.15) is 30.5 Å². The second-order valence-corrected chi connectivity index (χ2v) is 10.7. The molecule has 2 aromatic rings. The molecule has 9 nitrogen and oxygen atoms in total. The average Bonchev–Trinajstić information content (AvgIpc) is 3.43. The van der Waals surface area contributed by atoms with Gasteiger partial charge in [0.05, 0.1) is 26.7 Å². The molecule has 1 N–H and O–H groups in total. The van der Waals surface area contributed by atoms with Crippen LogP contribution in [-0.4, -0.2) is 89.8 Å². The summed E-state index contributed by atoms with van der Waals surface area (Å²) in [6, 6.07) is 10.3. The van der Waals surface area contributed by atoms with Crippen LogP contribution in [0.4, 0.5) is 5.82 Å². The van der Waals surface area contributed by atoms with Crippen molar-refractivity contribution in [2.24, 2.45) is 5.92 Å². The molecule has 0 spiro atoms. The summed E-state index contributed by atoms with van der Waals surface area (Å²) in [5.41, 5.74) is 3.50. The topological polar surface area (TPSA) is 91.4 Å². The number of pyridine rings is 1. The van der Waals surface area contributed by atoms with E-state index in [1.807, 2.05) is 18.2 Å². The van der Waals surface area contributed by atoms with Gasteiger partial charge in [0.15, 0.2) is 0 Å². The number of anilines is 1. The summed E-state index contributed by atoms with van der Waals surface area (Å²) >= 11 is 0. The smallest absolute Gasteiger partial charge is 0.306 e. The fraction of sp³-hybridized carbons (Fsp3) is 0.613. The number of hydrogen-bond donors (Lipinski definition) is 1. The van der Waals surface area contributed by atoms with Gasteiger partial charge in [-0.15, -0.1) is 0 Å². The molecular weight excluding hydrogens is 510 g/mol. The molecule has 1 aromatic carbocycles. The standard InChI is InChI=1S/C31H45N3O6/c1-36-13-15-39-28-17-25(18-29(20-28)40-16-14-37-2)26(19-30(35)38-3)22-34-12-10-23(21-34)6-8-27-9-7-24-5-4-11-32-31(24)33-27/h7,9,17-18,20,23,26H,4-6,8,10-16,19,21-22H2,1-3H3,(H,32,33)/t23-,26?/m1/s1. The van der Waals surface area contributed by atoms with Crippen LogP contribution in [0, 0.1) is 5.92 Å². The van der Waals surface area contributed by atoms with Gasteiger partial charge < -0.3 is 33.9 Å². The van der Waals surface area contributed by atoms with Crippen LogP contribution in [0.5, 0.6) is 11.5 Å². The Morgan fingerprint density at radius 2 is 1.80 bits per heavy atom. The summed E-state index contributed by atoms with van der Waals surface area (Å²) in [5.74, 6) is 2.81. The SMILES string of the molecule is COCCOc1cc(OCCOC)cc(C(CC(=O)OC)CN2CC[C@@H](CCc3ccc4c(n3)NCCC4)C2)c1. The molecule has 2 aliphatic heterocycles. The largest absolute Gasteiger partial charge is 0.491 e. The zero-order chi connectivity index (χ0) is 28.2. The van der Waals surface area contributed by atoms with Crippen LogP contribution in [0.2, 0.25) is 0 Å². The van der Waals surface area contributed by atoms with Crippen molar-refractivity contribution >= 4 is 11.8 Å². The number of methoxy groups -OCH3 is 3. The minimum Gasteiger partial charge on any atom is -0.491 e. The number of fused-ring (bicyclic) bond motifs is 1. The molecule has 0 aliphatic carbocycles. The fourth-order valence-corrected chi connectivity index (χ4v) is 5.54. The third-order valence-corrected chi connectivity index (χ3v) is 7.74. The maximum atomic E-state index is 12.4. The van der Waals surface area contributed by atoms with E-state index in [4.69, 9.17) is 28.7 Å². The molecule has 0 saturated carbocycles. The highest BCUT2D eigenvalue weighted by Crippen LogP contribution is 2.32. The third kappa shape index (κ3) is 9.08. The van der Waals surface area contributed by atoms with E-state index in [-0.39, 0.29) is 11.9 Å². The zero-order valence-corrected chi connectivity index (χ0v) is 24.3. The lowest BCUT2D eigenvalue weighted by Crippen LogP contribution is -2.28. The van der Waals surface area contributed by atoms with E-state index >= 15 is 0 Å². The van der Waals surface area contributed by atoms with Crippen LogP contribution in [-0.2, 0) is 31.8 Å². The number of likely N-dealkylation sites (tertiary alicyclic amines) is 1. The molecule has 2 aliphatic rings. The van der Waals surface area contributed by atoms with Gasteiger partial charge in [0.25, 0.3) is 0 Å². The number of benzene rings is 1. The number of rotatable bonds is 16. The lowest BCUT2D eigenvalue weighted by atomic mass is 9.94. The number of carbonyl (C=O) groups excluding carboxylic acids is 1. The van der Waals surface area contributed by atoms with Crippen LogP contribution in [0.3, 0.4) is 0 Å².